The third kappa shape index (κ3) is 3.43. The number of nitrogens with zero attached hydrogens (tertiary/aromatic N) is 3. The largest absolute Gasteiger partial charge is 0.476 e. The van der Waals surface area contributed by atoms with E-state index in [1.165, 1.54) is 0 Å². The molecule has 1 aromatic heterocycles. The van der Waals surface area contributed by atoms with E-state index in [1.54, 1.807) is 21.9 Å². The monoisotopic (exact) mass is 393 g/mol. The highest BCUT2D eigenvalue weighted by Gasteiger charge is 2.46. The van der Waals surface area contributed by atoms with E-state index in [-0.39, 0.29) is 24.6 Å². The quantitative estimate of drug-likeness (QED) is 0.770. The van der Waals surface area contributed by atoms with Crippen LogP contribution in [0.3, 0.4) is 0 Å². The number of rotatable bonds is 5. The Labute approximate surface area is 162 Å². The molecule has 3 aliphatic heterocycles. The Kier molecular flexibility index (Phi) is 4.23. The summed E-state index contributed by atoms with van der Waals surface area (Å²) in [6, 6.07) is 3.31. The van der Waals surface area contributed by atoms with Gasteiger partial charge in [-0.1, -0.05) is 0 Å². The molecule has 1 amide bonds. The van der Waals surface area contributed by atoms with Crippen molar-refractivity contribution >= 4 is 11.6 Å². The minimum atomic E-state index is -2.67. The van der Waals surface area contributed by atoms with Gasteiger partial charge in [-0.15, -0.1) is 0 Å². The number of ether oxygens (including phenoxy) is 2. The summed E-state index contributed by atoms with van der Waals surface area (Å²) in [6.07, 6.45) is 5.11. The van der Waals surface area contributed by atoms with Crippen LogP contribution in [0.25, 0.3) is 0 Å². The predicted octanol–water partition coefficient (Wildman–Crippen LogP) is 2.72. The van der Waals surface area contributed by atoms with Gasteiger partial charge in [0.1, 0.15) is 11.4 Å². The molecule has 28 heavy (non-hydrogen) atoms. The molecule has 8 heteroatoms. The predicted molar refractivity (Wildman–Crippen MR) is 98.1 cm³/mol. The summed E-state index contributed by atoms with van der Waals surface area (Å²) in [6.45, 7) is 1.84. The average Bonchev–Trinajstić information content (AvgIpc) is 3.23. The molecule has 4 heterocycles. The van der Waals surface area contributed by atoms with Crippen LogP contribution in [-0.2, 0) is 4.74 Å². The van der Waals surface area contributed by atoms with Crippen LogP contribution in [0, 0.1) is 5.92 Å². The highest BCUT2D eigenvalue weighted by molar-refractivity contribution is 5.93. The zero-order valence-corrected chi connectivity index (χ0v) is 15.8. The Morgan fingerprint density at radius 1 is 1.25 bits per heavy atom. The molecular formula is C20H25F2N3O3. The van der Waals surface area contributed by atoms with Gasteiger partial charge >= 0.3 is 0 Å². The van der Waals surface area contributed by atoms with Gasteiger partial charge in [-0.2, -0.15) is 0 Å². The fraction of sp³-hybridized carbons (Fsp3) is 0.700. The first-order chi connectivity index (χ1) is 13.4. The highest BCUT2D eigenvalue weighted by Crippen LogP contribution is 2.39. The summed E-state index contributed by atoms with van der Waals surface area (Å²) < 4.78 is 38.4. The normalized spacial score (nSPS) is 28.6. The molecule has 4 fully saturated rings. The van der Waals surface area contributed by atoms with Crippen molar-refractivity contribution in [3.05, 3.63) is 17.8 Å². The van der Waals surface area contributed by atoms with Crippen molar-refractivity contribution in [2.24, 2.45) is 5.92 Å². The molecule has 0 bridgehead atoms. The summed E-state index contributed by atoms with van der Waals surface area (Å²) in [5, 5.41) is 0. The molecular weight excluding hydrogens is 368 g/mol. The van der Waals surface area contributed by atoms with E-state index in [9.17, 15) is 13.6 Å². The fourth-order valence-corrected chi connectivity index (χ4v) is 4.32. The summed E-state index contributed by atoms with van der Waals surface area (Å²) in [5.41, 5.74) is 0.654. The Balaban J connectivity index is 1.34. The first-order valence-corrected chi connectivity index (χ1v) is 10.1. The molecule has 1 aromatic rings. The molecule has 0 radical (unpaired) electrons. The minimum absolute atomic E-state index is 0.149. The van der Waals surface area contributed by atoms with Crippen LogP contribution in [-0.4, -0.2) is 66.7 Å². The molecule has 1 aliphatic carbocycles. The second-order valence-electron chi connectivity index (χ2n) is 8.60. The number of carbonyl (C=O) groups is 1. The summed E-state index contributed by atoms with van der Waals surface area (Å²) in [7, 11) is 0. The van der Waals surface area contributed by atoms with Crippen LogP contribution in [0.1, 0.15) is 42.6 Å². The van der Waals surface area contributed by atoms with Crippen molar-refractivity contribution in [2.75, 3.05) is 44.3 Å². The van der Waals surface area contributed by atoms with Crippen LogP contribution >= 0.6 is 0 Å². The summed E-state index contributed by atoms with van der Waals surface area (Å²) in [4.78, 5) is 20.8. The SMILES string of the molecule is O=C(c1ccc(N2CC(F)(F)C2)c(OCC2CC2)n1)N1CCC2(CCCO2)C1. The number of amides is 1. The number of anilines is 1. The number of hydrogen-bond donors (Lipinski definition) is 0. The Morgan fingerprint density at radius 2 is 2.07 bits per heavy atom. The Hall–Kier alpha value is -1.96. The number of halogens is 2. The van der Waals surface area contributed by atoms with Gasteiger partial charge in [-0.3, -0.25) is 4.79 Å². The smallest absolute Gasteiger partial charge is 0.282 e. The number of hydrogen-bond acceptors (Lipinski definition) is 5. The van der Waals surface area contributed by atoms with Crippen LogP contribution in [0.4, 0.5) is 14.5 Å². The third-order valence-corrected chi connectivity index (χ3v) is 6.19. The van der Waals surface area contributed by atoms with Gasteiger partial charge in [0.05, 0.1) is 31.8 Å². The van der Waals surface area contributed by atoms with Gasteiger partial charge in [0, 0.05) is 13.2 Å². The topological polar surface area (TPSA) is 54.9 Å². The zero-order chi connectivity index (χ0) is 19.4. The van der Waals surface area contributed by atoms with Crippen LogP contribution < -0.4 is 9.64 Å². The third-order valence-electron chi connectivity index (χ3n) is 6.19. The maximum absolute atomic E-state index is 13.3. The van der Waals surface area contributed by atoms with Gasteiger partial charge < -0.3 is 19.3 Å². The van der Waals surface area contributed by atoms with Crippen molar-refractivity contribution < 1.29 is 23.0 Å². The minimum Gasteiger partial charge on any atom is -0.476 e. The molecule has 1 unspecified atom stereocenters. The molecule has 3 saturated heterocycles. The van der Waals surface area contributed by atoms with Crippen molar-refractivity contribution in [3.8, 4) is 5.88 Å². The average molecular weight is 393 g/mol. The number of alkyl halides is 2. The lowest BCUT2D eigenvalue weighted by Gasteiger charge is -2.40. The molecule has 4 aliphatic rings. The van der Waals surface area contributed by atoms with Gasteiger partial charge in [-0.25, -0.2) is 13.8 Å². The van der Waals surface area contributed by atoms with E-state index in [1.807, 2.05) is 0 Å². The maximum Gasteiger partial charge on any atom is 0.282 e. The van der Waals surface area contributed by atoms with Crippen molar-refractivity contribution in [3.63, 3.8) is 0 Å². The Morgan fingerprint density at radius 3 is 2.75 bits per heavy atom. The van der Waals surface area contributed by atoms with Crippen molar-refractivity contribution in [1.29, 1.82) is 0 Å². The van der Waals surface area contributed by atoms with Gasteiger partial charge in [0.2, 0.25) is 5.88 Å². The van der Waals surface area contributed by atoms with Crippen molar-refractivity contribution in [1.82, 2.24) is 9.88 Å². The van der Waals surface area contributed by atoms with E-state index in [4.69, 9.17) is 9.47 Å². The van der Waals surface area contributed by atoms with Gasteiger partial charge in [0.15, 0.2) is 0 Å². The molecule has 0 aromatic carbocycles. The lowest BCUT2D eigenvalue weighted by atomic mass is 10.00. The first kappa shape index (κ1) is 18.1. The Bertz CT molecular complexity index is 770. The molecule has 1 saturated carbocycles. The molecule has 1 spiro atoms. The van der Waals surface area contributed by atoms with Crippen LogP contribution in [0.5, 0.6) is 5.88 Å². The fourth-order valence-electron chi connectivity index (χ4n) is 4.32. The molecule has 1 atom stereocenters. The van der Waals surface area contributed by atoms with Gasteiger partial charge in [0.25, 0.3) is 11.8 Å². The second-order valence-corrected chi connectivity index (χ2v) is 8.60. The molecule has 0 N–H and O–H groups in total. The van der Waals surface area contributed by atoms with Gasteiger partial charge in [-0.05, 0) is 50.2 Å². The lowest BCUT2D eigenvalue weighted by Crippen LogP contribution is -2.56. The second kappa shape index (κ2) is 6.54. The lowest BCUT2D eigenvalue weighted by molar-refractivity contribution is -0.0265. The molecule has 152 valence electrons. The van der Waals surface area contributed by atoms with E-state index in [0.717, 1.165) is 38.7 Å². The molecule has 5 rings (SSSR count). The first-order valence-electron chi connectivity index (χ1n) is 10.1. The zero-order valence-electron chi connectivity index (χ0n) is 15.8. The van der Waals surface area contributed by atoms with E-state index < -0.39 is 5.92 Å². The van der Waals surface area contributed by atoms with Crippen LogP contribution in [0.15, 0.2) is 12.1 Å². The van der Waals surface area contributed by atoms with Crippen molar-refractivity contribution in [2.45, 2.75) is 43.6 Å². The van der Waals surface area contributed by atoms with Crippen LogP contribution in [0.2, 0.25) is 0 Å². The highest BCUT2D eigenvalue weighted by atomic mass is 19.3. The maximum atomic E-state index is 13.3. The van der Waals surface area contributed by atoms with E-state index >= 15 is 0 Å². The van der Waals surface area contributed by atoms with E-state index in [0.29, 0.717) is 42.9 Å². The number of carbonyl (C=O) groups excluding carboxylic acids is 1. The number of likely N-dealkylation sites (tertiary alicyclic amines) is 1. The molecule has 6 nitrogen and oxygen atoms in total. The number of pyridine rings is 1. The standard InChI is InChI=1S/C20H25F2N3O3/c21-20(22)12-25(13-20)16-5-4-15(23-17(16)27-10-14-2-3-14)18(26)24-8-7-19(11-24)6-1-9-28-19/h4-5,14H,1-3,6-13H2. The number of aromatic nitrogens is 1. The van der Waals surface area contributed by atoms with E-state index in [2.05, 4.69) is 4.98 Å². The summed E-state index contributed by atoms with van der Waals surface area (Å²) >= 11 is 0. The summed E-state index contributed by atoms with van der Waals surface area (Å²) in [5.74, 6) is -2.03.